The first-order valence-corrected chi connectivity index (χ1v) is 19.6. The lowest BCUT2D eigenvalue weighted by atomic mass is 9.76. The predicted octanol–water partition coefficient (Wildman–Crippen LogP) is -1.34. The zero-order valence-corrected chi connectivity index (χ0v) is 32.5. The molecule has 4 aliphatic heterocycles. The number of carbonyl (C=O) groups is 1. The van der Waals surface area contributed by atoms with E-state index >= 15 is 0 Å². The molecular weight excluding hydrogens is 840 g/mol. The number of fused-ring (bicyclic) bond motifs is 2. The van der Waals surface area contributed by atoms with Crippen molar-refractivity contribution in [3.8, 4) is 46.0 Å². The van der Waals surface area contributed by atoms with Crippen molar-refractivity contribution in [2.45, 2.75) is 98.0 Å². The van der Waals surface area contributed by atoms with Crippen LogP contribution >= 0.6 is 0 Å². The highest BCUT2D eigenvalue weighted by molar-refractivity contribution is 5.73. The molecule has 0 aromatic heterocycles. The molecule has 21 nitrogen and oxygen atoms in total. The minimum absolute atomic E-state index is 0.0000148. The van der Waals surface area contributed by atoms with Crippen molar-refractivity contribution in [1.29, 1.82) is 0 Å². The molecule has 0 radical (unpaired) electrons. The molecule has 63 heavy (non-hydrogen) atoms. The van der Waals surface area contributed by atoms with Crippen LogP contribution in [0.4, 0.5) is 0 Å². The van der Waals surface area contributed by atoms with Crippen molar-refractivity contribution in [2.24, 2.45) is 0 Å². The van der Waals surface area contributed by atoms with Gasteiger partial charge in [-0.15, -0.1) is 0 Å². The molecule has 4 aliphatic rings. The largest absolute Gasteiger partial charge is 0.508 e. The summed E-state index contributed by atoms with van der Waals surface area (Å²) in [5.74, 6) is -7.37. The second kappa shape index (κ2) is 16.8. The van der Waals surface area contributed by atoms with Crippen molar-refractivity contribution in [3.05, 3.63) is 94.0 Å². The summed E-state index contributed by atoms with van der Waals surface area (Å²) in [6.07, 6.45) is -25.6. The number of ether oxygens (including phenoxy) is 5. The molecule has 0 bridgehead atoms. The SMILES string of the molecule is O=C(O)C1OC(Oc2cccc(C3Oc4c(C5OC(CO)C(O)C(O)C5O)c(O)cc(O)c4C(c4c(O)cc(O)c5c4OC(c4cccc(O)c4)C(O)C5)C3O)c2)C(O)C(O)C1O. The van der Waals surface area contributed by atoms with Crippen LogP contribution in [-0.4, -0.2) is 157 Å². The minimum Gasteiger partial charge on any atom is -0.508 e. The van der Waals surface area contributed by atoms with Gasteiger partial charge in [0.15, 0.2) is 12.2 Å². The van der Waals surface area contributed by atoms with Crippen LogP contribution in [0, 0.1) is 0 Å². The molecule has 338 valence electrons. The van der Waals surface area contributed by atoms with E-state index in [0.717, 1.165) is 12.1 Å². The van der Waals surface area contributed by atoms with Crippen LogP contribution in [0.25, 0.3) is 0 Å². The number of aliphatic carboxylic acids is 1. The topological polar surface area (TPSA) is 367 Å². The Balaban J connectivity index is 1.30. The molecule has 15 unspecified atom stereocenters. The average molecular weight is 885 g/mol. The lowest BCUT2D eigenvalue weighted by molar-refractivity contribution is -0.271. The number of aliphatic hydroxyl groups excluding tert-OH is 9. The van der Waals surface area contributed by atoms with Gasteiger partial charge in [-0.2, -0.15) is 0 Å². The first kappa shape index (κ1) is 43.9. The molecule has 15 atom stereocenters. The van der Waals surface area contributed by atoms with E-state index in [0.29, 0.717) is 0 Å². The predicted molar refractivity (Wildman–Crippen MR) is 206 cm³/mol. The molecule has 0 aliphatic carbocycles. The smallest absolute Gasteiger partial charge is 0.335 e. The number of benzene rings is 4. The highest BCUT2D eigenvalue weighted by Gasteiger charge is 2.52. The zero-order valence-electron chi connectivity index (χ0n) is 32.5. The highest BCUT2D eigenvalue weighted by atomic mass is 16.7. The van der Waals surface area contributed by atoms with Crippen LogP contribution in [0.1, 0.15) is 57.6 Å². The van der Waals surface area contributed by atoms with Crippen LogP contribution in [-0.2, 0) is 20.7 Å². The molecule has 2 fully saturated rings. The van der Waals surface area contributed by atoms with Gasteiger partial charge in [0.05, 0.1) is 24.2 Å². The van der Waals surface area contributed by atoms with Gasteiger partial charge in [0.25, 0.3) is 0 Å². The van der Waals surface area contributed by atoms with Gasteiger partial charge in [-0.05, 0) is 35.4 Å². The summed E-state index contributed by atoms with van der Waals surface area (Å²) < 4.78 is 29.5. The Morgan fingerprint density at radius 3 is 1.87 bits per heavy atom. The maximum Gasteiger partial charge on any atom is 0.335 e. The van der Waals surface area contributed by atoms with E-state index in [2.05, 4.69) is 0 Å². The quantitative estimate of drug-likeness (QED) is 0.0974. The van der Waals surface area contributed by atoms with E-state index < -0.39 is 138 Å². The Bertz CT molecular complexity index is 2370. The summed E-state index contributed by atoms with van der Waals surface area (Å²) in [6, 6.07) is 12.7. The Hall–Kier alpha value is -5.69. The molecule has 15 N–H and O–H groups in total. The van der Waals surface area contributed by atoms with Crippen LogP contribution in [0.15, 0.2) is 60.7 Å². The highest BCUT2D eigenvalue weighted by Crippen LogP contribution is 2.60. The number of carboxylic acids is 1. The second-order valence-corrected chi connectivity index (χ2v) is 15.8. The van der Waals surface area contributed by atoms with Crippen LogP contribution in [0.2, 0.25) is 0 Å². The number of hydrogen-bond acceptors (Lipinski definition) is 20. The Kier molecular flexibility index (Phi) is 11.7. The third-order valence-corrected chi connectivity index (χ3v) is 11.8. The Morgan fingerprint density at radius 2 is 1.21 bits per heavy atom. The van der Waals surface area contributed by atoms with Crippen LogP contribution < -0.4 is 14.2 Å². The van der Waals surface area contributed by atoms with Crippen LogP contribution in [0.5, 0.6) is 46.0 Å². The maximum atomic E-state index is 12.5. The van der Waals surface area contributed by atoms with Gasteiger partial charge in [-0.3, -0.25) is 0 Å². The van der Waals surface area contributed by atoms with E-state index in [-0.39, 0.29) is 51.5 Å². The molecule has 0 saturated carbocycles. The van der Waals surface area contributed by atoms with Crippen LogP contribution in [0.3, 0.4) is 0 Å². The molecule has 4 heterocycles. The van der Waals surface area contributed by atoms with E-state index in [4.69, 9.17) is 23.7 Å². The summed E-state index contributed by atoms with van der Waals surface area (Å²) in [6.45, 7) is -0.875. The fourth-order valence-electron chi connectivity index (χ4n) is 8.71. The normalized spacial score (nSPS) is 33.9. The van der Waals surface area contributed by atoms with Crippen molar-refractivity contribution in [3.63, 3.8) is 0 Å². The van der Waals surface area contributed by atoms with Crippen molar-refractivity contribution in [1.82, 2.24) is 0 Å². The third kappa shape index (κ3) is 7.55. The van der Waals surface area contributed by atoms with Gasteiger partial charge in [-0.25, -0.2) is 4.79 Å². The van der Waals surface area contributed by atoms with E-state index in [1.807, 2.05) is 0 Å². The lowest BCUT2D eigenvalue weighted by Gasteiger charge is -2.44. The lowest BCUT2D eigenvalue weighted by Crippen LogP contribution is -2.61. The second-order valence-electron chi connectivity index (χ2n) is 15.8. The van der Waals surface area contributed by atoms with E-state index in [1.54, 1.807) is 0 Å². The molecule has 0 amide bonds. The fourth-order valence-corrected chi connectivity index (χ4v) is 8.71. The summed E-state index contributed by atoms with van der Waals surface area (Å²) in [5.41, 5.74) is -0.939. The Morgan fingerprint density at radius 1 is 0.603 bits per heavy atom. The molecule has 21 heteroatoms. The molecule has 4 aromatic carbocycles. The number of aromatic hydroxyl groups is 5. The number of phenolic OH excluding ortho intramolecular Hbond substituents is 5. The molecule has 8 rings (SSSR count). The van der Waals surface area contributed by atoms with Gasteiger partial charge in [0.2, 0.25) is 6.29 Å². The third-order valence-electron chi connectivity index (χ3n) is 11.8. The van der Waals surface area contributed by atoms with Gasteiger partial charge >= 0.3 is 5.97 Å². The van der Waals surface area contributed by atoms with E-state index in [9.17, 15) is 81.4 Å². The minimum atomic E-state index is -2.03. The number of carboxylic acid groups (broad SMARTS) is 1. The molecular formula is C42H44O21. The van der Waals surface area contributed by atoms with Gasteiger partial charge < -0.3 is 100 Å². The van der Waals surface area contributed by atoms with Crippen molar-refractivity contribution < 1.29 is 105 Å². The molecule has 0 spiro atoms. The first-order valence-electron chi connectivity index (χ1n) is 19.6. The zero-order chi connectivity index (χ0) is 45.3. The van der Waals surface area contributed by atoms with Crippen molar-refractivity contribution >= 4 is 5.97 Å². The van der Waals surface area contributed by atoms with Crippen molar-refractivity contribution in [2.75, 3.05) is 6.61 Å². The Labute approximate surface area is 355 Å². The number of rotatable bonds is 8. The standard InChI is InChI=1S/C42H44O21/c43-12-23-28(50)30(52)32(54)39(60-23)26-21(48)11-20(47)25-27(24-19(46)10-18(45)17-9-22(49)35(61-37(17)24)13-3-1-5-15(44)7-13)29(51)36(62-38(25)26)14-4-2-6-16(8-14)59-42-34(56)31(53)33(55)40(63-42)41(57)58/h1-8,10-11,22-23,27-36,39-40,42-56H,9,12H2,(H,57,58). The maximum absolute atomic E-state index is 12.5. The van der Waals surface area contributed by atoms with Gasteiger partial charge in [0, 0.05) is 35.2 Å². The fraction of sp³-hybridized carbons (Fsp3) is 0.405. The number of hydrogen-bond donors (Lipinski definition) is 15. The average Bonchev–Trinajstić information content (AvgIpc) is 3.24. The van der Waals surface area contributed by atoms with Gasteiger partial charge in [0.1, 0.15) is 107 Å². The number of phenols is 5. The summed E-state index contributed by atoms with van der Waals surface area (Å²) >= 11 is 0. The summed E-state index contributed by atoms with van der Waals surface area (Å²) in [7, 11) is 0. The number of aliphatic hydroxyl groups is 9. The summed E-state index contributed by atoms with van der Waals surface area (Å²) in [4.78, 5) is 11.8. The molecule has 2 saturated heterocycles. The monoisotopic (exact) mass is 884 g/mol. The molecule has 4 aromatic rings. The van der Waals surface area contributed by atoms with E-state index in [1.165, 1.54) is 48.5 Å². The summed E-state index contributed by atoms with van der Waals surface area (Å²) in [5, 5.41) is 163. The van der Waals surface area contributed by atoms with Gasteiger partial charge in [-0.1, -0.05) is 24.3 Å². The first-order chi connectivity index (χ1) is 29.9.